The number of carbonyl (C=O) groups excluding carboxylic acids is 1. The van der Waals surface area contributed by atoms with Crippen LogP contribution >= 0.6 is 24.0 Å². The van der Waals surface area contributed by atoms with Crippen LogP contribution in [0.1, 0.15) is 12.8 Å². The smallest absolute Gasteiger partial charge is 0.253 e. The van der Waals surface area contributed by atoms with Gasteiger partial charge in [0.05, 0.1) is 16.6 Å². The number of para-hydroxylation sites is 1. The molecule has 1 saturated heterocycles. The Balaban J connectivity index is 0.00000210. The van der Waals surface area contributed by atoms with E-state index in [1.807, 2.05) is 42.5 Å². The lowest BCUT2D eigenvalue weighted by molar-refractivity contribution is -0.126. The minimum Gasteiger partial charge on any atom is -0.364 e. The van der Waals surface area contributed by atoms with Gasteiger partial charge in [0, 0.05) is 17.8 Å². The third-order valence-corrected chi connectivity index (χ3v) is 4.86. The molecule has 3 aromatic rings. The van der Waals surface area contributed by atoms with E-state index in [-0.39, 0.29) is 24.4 Å². The predicted molar refractivity (Wildman–Crippen MR) is 109 cm³/mol. The summed E-state index contributed by atoms with van der Waals surface area (Å²) in [6, 6.07) is 13.1. The van der Waals surface area contributed by atoms with Gasteiger partial charge in [-0.25, -0.2) is 4.98 Å². The van der Waals surface area contributed by atoms with E-state index in [2.05, 4.69) is 15.3 Å². The van der Waals surface area contributed by atoms with Crippen molar-refractivity contribution in [2.75, 3.05) is 11.9 Å². The van der Waals surface area contributed by atoms with Crippen molar-refractivity contribution in [1.82, 2.24) is 9.97 Å². The number of imidazole rings is 1. The molecule has 0 saturated carbocycles. The zero-order chi connectivity index (χ0) is 18.1. The Hall–Kier alpha value is -2.12. The maximum atomic E-state index is 12.3. The molecule has 1 aromatic heterocycles. The van der Waals surface area contributed by atoms with Gasteiger partial charge in [0.15, 0.2) is 0 Å². The number of aromatic nitrogens is 2. The molecule has 27 heavy (non-hydrogen) atoms. The topological polar surface area (TPSA) is 93.0 Å². The number of nitrogens with one attached hydrogen (secondary N) is 2. The number of aromatic amines is 1. The van der Waals surface area contributed by atoms with Crippen molar-refractivity contribution >= 4 is 46.6 Å². The summed E-state index contributed by atoms with van der Waals surface area (Å²) in [5.41, 5.74) is 8.84. The van der Waals surface area contributed by atoms with Crippen LogP contribution in [0.25, 0.3) is 22.4 Å². The van der Waals surface area contributed by atoms with Gasteiger partial charge in [-0.2, -0.15) is 0 Å². The first-order chi connectivity index (χ1) is 12.6. The fourth-order valence-corrected chi connectivity index (χ4v) is 3.36. The molecule has 0 radical (unpaired) electrons. The van der Waals surface area contributed by atoms with E-state index in [0.29, 0.717) is 23.7 Å². The number of H-pyrrole nitrogens is 1. The number of amides is 1. The summed E-state index contributed by atoms with van der Waals surface area (Å²) in [7, 11) is 0. The van der Waals surface area contributed by atoms with Gasteiger partial charge >= 0.3 is 0 Å². The number of benzene rings is 2. The first-order valence-electron chi connectivity index (χ1n) is 8.55. The minimum absolute atomic E-state index is 0. The third kappa shape index (κ3) is 4.09. The van der Waals surface area contributed by atoms with Gasteiger partial charge in [-0.05, 0) is 49.2 Å². The maximum absolute atomic E-state index is 12.3. The van der Waals surface area contributed by atoms with Crippen LogP contribution in [0.4, 0.5) is 5.69 Å². The number of rotatable bonds is 4. The van der Waals surface area contributed by atoms with Crippen molar-refractivity contribution in [3.8, 4) is 11.4 Å². The second-order valence-electron chi connectivity index (χ2n) is 6.35. The number of ether oxygens (including phenoxy) is 1. The molecule has 8 heteroatoms. The highest BCUT2D eigenvalue weighted by atomic mass is 35.5. The molecule has 142 valence electrons. The van der Waals surface area contributed by atoms with Crippen LogP contribution in [0.3, 0.4) is 0 Å². The van der Waals surface area contributed by atoms with E-state index in [4.69, 9.17) is 22.1 Å². The van der Waals surface area contributed by atoms with Gasteiger partial charge in [-0.15, -0.1) is 12.4 Å². The fourth-order valence-electron chi connectivity index (χ4n) is 3.14. The van der Waals surface area contributed by atoms with Crippen molar-refractivity contribution in [3.63, 3.8) is 0 Å². The summed E-state index contributed by atoms with van der Waals surface area (Å²) in [6.07, 6.45) is 1.07. The third-order valence-electron chi connectivity index (χ3n) is 4.55. The van der Waals surface area contributed by atoms with Crippen molar-refractivity contribution in [1.29, 1.82) is 0 Å². The summed E-state index contributed by atoms with van der Waals surface area (Å²) in [5.74, 6) is 0.597. The van der Waals surface area contributed by atoms with Crippen LogP contribution in [-0.4, -0.2) is 34.6 Å². The largest absolute Gasteiger partial charge is 0.364 e. The van der Waals surface area contributed by atoms with E-state index in [1.54, 1.807) is 0 Å². The summed E-state index contributed by atoms with van der Waals surface area (Å²) in [6.45, 7) is 0.444. The minimum atomic E-state index is -0.430. The van der Waals surface area contributed by atoms with E-state index in [1.165, 1.54) is 0 Å². The highest BCUT2D eigenvalue weighted by molar-refractivity contribution is 6.35. The number of nitrogens with zero attached hydrogens (tertiary/aromatic N) is 1. The maximum Gasteiger partial charge on any atom is 0.253 e. The van der Waals surface area contributed by atoms with Gasteiger partial charge in [-0.3, -0.25) is 4.79 Å². The monoisotopic (exact) mass is 406 g/mol. The van der Waals surface area contributed by atoms with Crippen molar-refractivity contribution < 1.29 is 9.53 Å². The van der Waals surface area contributed by atoms with Gasteiger partial charge in [-0.1, -0.05) is 17.7 Å². The molecule has 1 fully saturated rings. The molecule has 0 bridgehead atoms. The van der Waals surface area contributed by atoms with Crippen molar-refractivity contribution in [3.05, 3.63) is 47.5 Å². The molecular weight excluding hydrogens is 387 g/mol. The normalized spacial score (nSPS) is 19.0. The fraction of sp³-hybridized carbons (Fsp3) is 0.263. The molecule has 6 nitrogen and oxygen atoms in total. The highest BCUT2D eigenvalue weighted by Crippen LogP contribution is 2.26. The standard InChI is InChI=1S/C19H19ClN4O2.ClH/c20-14-2-1-3-15-17(14)24-18(23-15)11-4-6-12(7-5-11)22-19(25)16-9-8-13(10-21)26-16;/h1-7,13,16H,8-10,21H2,(H,22,25)(H,23,24);1H/t13-,16+;/m1./s1. The first kappa shape index (κ1) is 19.6. The Bertz CT molecular complexity index is 943. The predicted octanol–water partition coefficient (Wildman–Crippen LogP) is 3.75. The molecule has 4 N–H and O–H groups in total. The summed E-state index contributed by atoms with van der Waals surface area (Å²) in [5, 5.41) is 3.50. The lowest BCUT2D eigenvalue weighted by atomic mass is 10.1. The molecule has 0 unspecified atom stereocenters. The molecule has 2 heterocycles. The number of fused-ring (bicyclic) bond motifs is 1. The number of anilines is 1. The zero-order valence-corrected chi connectivity index (χ0v) is 16.0. The summed E-state index contributed by atoms with van der Waals surface area (Å²) < 4.78 is 5.62. The number of carbonyl (C=O) groups is 1. The van der Waals surface area contributed by atoms with Crippen LogP contribution in [0.2, 0.25) is 5.02 Å². The van der Waals surface area contributed by atoms with Crippen molar-refractivity contribution in [2.24, 2.45) is 5.73 Å². The Kier molecular flexibility index (Phi) is 6.01. The highest BCUT2D eigenvalue weighted by Gasteiger charge is 2.29. The average Bonchev–Trinajstić information content (AvgIpc) is 3.30. The Morgan fingerprint density at radius 3 is 2.70 bits per heavy atom. The Morgan fingerprint density at radius 1 is 1.26 bits per heavy atom. The van der Waals surface area contributed by atoms with Gasteiger partial charge in [0.25, 0.3) is 5.91 Å². The van der Waals surface area contributed by atoms with Crippen LogP contribution < -0.4 is 11.1 Å². The lowest BCUT2D eigenvalue weighted by Gasteiger charge is -2.12. The lowest BCUT2D eigenvalue weighted by Crippen LogP contribution is -2.29. The molecule has 1 aliphatic heterocycles. The van der Waals surface area contributed by atoms with Crippen LogP contribution in [0.5, 0.6) is 0 Å². The Morgan fingerprint density at radius 2 is 2.04 bits per heavy atom. The number of hydrogen-bond donors (Lipinski definition) is 3. The first-order valence-corrected chi connectivity index (χ1v) is 8.93. The molecule has 0 spiro atoms. The molecule has 1 amide bonds. The summed E-state index contributed by atoms with van der Waals surface area (Å²) in [4.78, 5) is 20.1. The Labute approximate surface area is 167 Å². The molecule has 4 rings (SSSR count). The second-order valence-corrected chi connectivity index (χ2v) is 6.76. The SMILES string of the molecule is Cl.NC[C@H]1CC[C@@H](C(=O)Nc2ccc(-c3nc4c(Cl)cccc4[nH]3)cc2)O1. The zero-order valence-electron chi connectivity index (χ0n) is 14.4. The van der Waals surface area contributed by atoms with Crippen LogP contribution in [0, 0.1) is 0 Å². The second kappa shape index (κ2) is 8.27. The van der Waals surface area contributed by atoms with Gasteiger partial charge in [0.1, 0.15) is 17.4 Å². The molecule has 1 aliphatic rings. The van der Waals surface area contributed by atoms with E-state index in [9.17, 15) is 4.79 Å². The number of nitrogens with two attached hydrogens (primary N) is 1. The molecule has 0 aliphatic carbocycles. The van der Waals surface area contributed by atoms with Crippen LogP contribution in [0.15, 0.2) is 42.5 Å². The van der Waals surface area contributed by atoms with Gasteiger partial charge < -0.3 is 20.8 Å². The van der Waals surface area contributed by atoms with E-state index < -0.39 is 6.10 Å². The summed E-state index contributed by atoms with van der Waals surface area (Å²) >= 11 is 6.17. The number of hydrogen-bond acceptors (Lipinski definition) is 4. The van der Waals surface area contributed by atoms with Crippen LogP contribution in [-0.2, 0) is 9.53 Å². The van der Waals surface area contributed by atoms with E-state index in [0.717, 1.165) is 28.8 Å². The number of halogens is 2. The molecule has 2 atom stereocenters. The molecular formula is C19H20Cl2N4O2. The average molecular weight is 407 g/mol. The van der Waals surface area contributed by atoms with Gasteiger partial charge in [0.2, 0.25) is 0 Å². The quantitative estimate of drug-likeness (QED) is 0.614. The van der Waals surface area contributed by atoms with E-state index >= 15 is 0 Å². The van der Waals surface area contributed by atoms with Crippen molar-refractivity contribution in [2.45, 2.75) is 25.0 Å². The molecule has 2 aromatic carbocycles.